The predicted octanol–water partition coefficient (Wildman–Crippen LogP) is 6.79. The summed E-state index contributed by atoms with van der Waals surface area (Å²) >= 11 is 0. The molecule has 2 nitrogen and oxygen atoms in total. The predicted molar refractivity (Wildman–Crippen MR) is 167 cm³/mol. The summed E-state index contributed by atoms with van der Waals surface area (Å²) < 4.78 is 5.91. The maximum absolute atomic E-state index is 2.95. The van der Waals surface area contributed by atoms with Crippen molar-refractivity contribution in [2.75, 3.05) is 13.1 Å². The quantitative estimate of drug-likeness (QED) is 0.162. The normalized spacial score (nSPS) is 20.6. The van der Waals surface area contributed by atoms with Crippen molar-refractivity contribution in [2.24, 2.45) is 0 Å². The van der Waals surface area contributed by atoms with Gasteiger partial charge in [0.05, 0.1) is 0 Å². The van der Waals surface area contributed by atoms with Crippen molar-refractivity contribution in [3.05, 3.63) is 121 Å². The fourth-order valence-electron chi connectivity index (χ4n) is 6.33. The van der Waals surface area contributed by atoms with Gasteiger partial charge >= 0.3 is 0 Å². The van der Waals surface area contributed by atoms with Crippen LogP contribution in [0.1, 0.15) is 38.5 Å². The van der Waals surface area contributed by atoms with Gasteiger partial charge in [0.1, 0.15) is 0 Å². The molecular weight excluding hydrogens is 601 g/mol. The van der Waals surface area contributed by atoms with Crippen molar-refractivity contribution in [2.45, 2.75) is 50.6 Å². The first-order valence-electron chi connectivity index (χ1n) is 14.2. The summed E-state index contributed by atoms with van der Waals surface area (Å²) in [5, 5.41) is 5.93. The van der Waals surface area contributed by atoms with Crippen molar-refractivity contribution in [1.82, 2.24) is 9.34 Å². The molecule has 2 heterocycles. The van der Waals surface area contributed by atoms with Gasteiger partial charge in [-0.25, -0.2) is 0 Å². The summed E-state index contributed by atoms with van der Waals surface area (Å²) in [6.45, 7) is 2.39. The molecule has 2 saturated heterocycles. The van der Waals surface area contributed by atoms with E-state index < -0.39 is 16.1 Å². The van der Waals surface area contributed by atoms with E-state index in [-0.39, 0.29) is 19.5 Å². The fraction of sp³-hybridized carbons (Fsp3) is 0.294. The molecule has 39 heavy (non-hydrogen) atoms. The Morgan fingerprint density at radius 2 is 0.692 bits per heavy atom. The standard InChI is InChI=1S/C34H38N2P2.Rh/c1-5-17-29(18-6-1)37(30-19-7-2-8-20-30)35-27-15-13-25-33(35)34-26-14-16-28-36(34)38(31-21-9-3-10-22-31)32-23-11-4-12-24-32;/h1-12,17-24,33-34H,13-16,25-28H2;/t33-,34-;/m1./s1. The Balaban J connectivity index is 0.00000308. The number of piperidine rings is 2. The molecule has 0 aliphatic carbocycles. The molecule has 0 amide bonds. The number of hydrogen-bond acceptors (Lipinski definition) is 2. The van der Waals surface area contributed by atoms with Crippen LogP contribution in [-0.4, -0.2) is 34.5 Å². The monoisotopic (exact) mass is 639 g/mol. The van der Waals surface area contributed by atoms with Crippen LogP contribution in [0.25, 0.3) is 0 Å². The minimum atomic E-state index is -0.566. The summed E-state index contributed by atoms with van der Waals surface area (Å²) in [5.41, 5.74) is 0. The largest absolute Gasteiger partial charge is 0.270 e. The fourth-order valence-corrected chi connectivity index (χ4v) is 11.7. The Morgan fingerprint density at radius 3 is 0.974 bits per heavy atom. The Labute approximate surface area is 250 Å². The van der Waals surface area contributed by atoms with Crippen LogP contribution in [0, 0.1) is 0 Å². The third-order valence-corrected chi connectivity index (χ3v) is 13.2. The SMILES string of the molecule is [Rh].c1ccc(P(c2ccccc2)N2CCCC[C@@H]2[C@H]2CCCCN2P(c2ccccc2)c2ccccc2)cc1. The van der Waals surface area contributed by atoms with Gasteiger partial charge in [0.15, 0.2) is 0 Å². The molecule has 2 aliphatic rings. The Kier molecular flexibility index (Phi) is 10.5. The van der Waals surface area contributed by atoms with Gasteiger partial charge in [0.25, 0.3) is 0 Å². The Morgan fingerprint density at radius 1 is 0.410 bits per heavy atom. The van der Waals surface area contributed by atoms with Crippen LogP contribution < -0.4 is 21.2 Å². The van der Waals surface area contributed by atoms with Gasteiger partial charge in [-0.05, 0) is 46.9 Å². The number of rotatable bonds is 7. The molecule has 2 aliphatic heterocycles. The van der Waals surface area contributed by atoms with Crippen molar-refractivity contribution >= 4 is 37.4 Å². The van der Waals surface area contributed by atoms with Crippen LogP contribution in [-0.2, 0) is 19.5 Å². The molecule has 0 aromatic heterocycles. The van der Waals surface area contributed by atoms with E-state index in [2.05, 4.69) is 131 Å². The van der Waals surface area contributed by atoms with Crippen LogP contribution in [0.15, 0.2) is 121 Å². The first-order chi connectivity index (χ1) is 18.9. The van der Waals surface area contributed by atoms with E-state index in [0.717, 1.165) is 0 Å². The average Bonchev–Trinajstić information content (AvgIpc) is 3.00. The zero-order chi connectivity index (χ0) is 25.6. The second-order valence-electron chi connectivity index (χ2n) is 10.4. The zero-order valence-corrected chi connectivity index (χ0v) is 25.9. The van der Waals surface area contributed by atoms with Crippen LogP contribution >= 0.6 is 16.1 Å². The maximum atomic E-state index is 2.95. The first kappa shape index (κ1) is 28.8. The molecule has 5 heteroatoms. The van der Waals surface area contributed by atoms with Crippen molar-refractivity contribution in [3.63, 3.8) is 0 Å². The molecule has 2 fully saturated rings. The Hall–Kier alpha value is -1.72. The van der Waals surface area contributed by atoms with E-state index in [4.69, 9.17) is 0 Å². The van der Waals surface area contributed by atoms with Crippen molar-refractivity contribution < 1.29 is 19.5 Å². The molecule has 203 valence electrons. The first-order valence-corrected chi connectivity index (χ1v) is 16.8. The van der Waals surface area contributed by atoms with E-state index in [9.17, 15) is 0 Å². The molecule has 1 radical (unpaired) electrons. The van der Waals surface area contributed by atoms with Gasteiger partial charge < -0.3 is 0 Å². The van der Waals surface area contributed by atoms with E-state index in [1.165, 1.54) is 72.8 Å². The van der Waals surface area contributed by atoms with Gasteiger partial charge in [0, 0.05) is 60.8 Å². The number of hydrogen-bond donors (Lipinski definition) is 0. The smallest absolute Gasteiger partial charge is 0.0299 e. The van der Waals surface area contributed by atoms with Crippen LogP contribution in [0.4, 0.5) is 0 Å². The molecule has 4 aromatic carbocycles. The van der Waals surface area contributed by atoms with Crippen molar-refractivity contribution in [3.8, 4) is 0 Å². The second kappa shape index (κ2) is 14.3. The molecule has 0 N–H and O–H groups in total. The Bertz CT molecular complexity index is 1080. The topological polar surface area (TPSA) is 6.48 Å². The van der Waals surface area contributed by atoms with Crippen LogP contribution in [0.5, 0.6) is 0 Å². The molecular formula is C34H38N2P2Rh. The zero-order valence-electron chi connectivity index (χ0n) is 22.5. The van der Waals surface area contributed by atoms with E-state index >= 15 is 0 Å². The molecule has 0 saturated carbocycles. The van der Waals surface area contributed by atoms with E-state index in [1.807, 2.05) is 0 Å². The molecule has 0 spiro atoms. The van der Waals surface area contributed by atoms with Crippen molar-refractivity contribution in [1.29, 1.82) is 0 Å². The maximum Gasteiger partial charge on any atom is 0.0299 e. The molecule has 0 bridgehead atoms. The summed E-state index contributed by atoms with van der Waals surface area (Å²) in [5.74, 6) is 0. The van der Waals surface area contributed by atoms with Gasteiger partial charge in [-0.15, -0.1) is 0 Å². The average molecular weight is 640 g/mol. The second-order valence-corrected chi connectivity index (χ2v) is 14.8. The van der Waals surface area contributed by atoms with Gasteiger partial charge in [-0.2, -0.15) is 0 Å². The summed E-state index contributed by atoms with van der Waals surface area (Å²) in [6, 6.07) is 46.5. The van der Waals surface area contributed by atoms with E-state index in [0.29, 0.717) is 12.1 Å². The van der Waals surface area contributed by atoms with Gasteiger partial charge in [-0.1, -0.05) is 134 Å². The number of nitrogens with zero attached hydrogens (tertiary/aromatic N) is 2. The molecule has 6 rings (SSSR count). The summed E-state index contributed by atoms with van der Waals surface area (Å²) in [6.07, 6.45) is 7.88. The molecule has 4 aromatic rings. The van der Waals surface area contributed by atoms with E-state index in [1.54, 1.807) is 0 Å². The van der Waals surface area contributed by atoms with Crippen LogP contribution in [0.3, 0.4) is 0 Å². The minimum Gasteiger partial charge on any atom is -0.270 e. The summed E-state index contributed by atoms with van der Waals surface area (Å²) in [4.78, 5) is 0. The molecule has 2 atom stereocenters. The summed E-state index contributed by atoms with van der Waals surface area (Å²) in [7, 11) is -1.13. The number of benzene rings is 4. The third-order valence-electron chi connectivity index (χ3n) is 8.00. The van der Waals surface area contributed by atoms with Crippen LogP contribution in [0.2, 0.25) is 0 Å². The van der Waals surface area contributed by atoms with Gasteiger partial charge in [0.2, 0.25) is 0 Å². The molecule has 0 unspecified atom stereocenters. The third kappa shape index (κ3) is 6.62. The minimum absolute atomic E-state index is 0. The van der Waals surface area contributed by atoms with Gasteiger partial charge in [-0.3, -0.25) is 9.34 Å².